The first-order chi connectivity index (χ1) is 6.57. The van der Waals surface area contributed by atoms with Crippen molar-refractivity contribution in [3.8, 4) is 0 Å². The largest absolute Gasteiger partial charge is 0.324 e. The van der Waals surface area contributed by atoms with Crippen LogP contribution in [0.2, 0.25) is 5.02 Å². The normalized spacial score (nSPS) is 9.86. The maximum absolute atomic E-state index is 11.2. The smallest absolute Gasteiger partial charge is 0.281 e. The molecule has 74 valence electrons. The van der Waals surface area contributed by atoms with Crippen molar-refractivity contribution in [1.82, 2.24) is 0 Å². The number of carbonyl (C=O) groups is 1. The average Bonchev–Trinajstić information content (AvgIpc) is 2.16. The van der Waals surface area contributed by atoms with Gasteiger partial charge in [-0.2, -0.15) is 0 Å². The van der Waals surface area contributed by atoms with Crippen LogP contribution in [-0.2, 0) is 0 Å². The van der Waals surface area contributed by atoms with Gasteiger partial charge in [-0.25, -0.2) is 0 Å². The van der Waals surface area contributed by atoms with E-state index in [9.17, 15) is 14.9 Å². The van der Waals surface area contributed by atoms with Crippen LogP contribution in [0.5, 0.6) is 0 Å². The molecule has 0 bridgehead atoms. The summed E-state index contributed by atoms with van der Waals surface area (Å²) in [5.41, 5.74) is 4.68. The van der Waals surface area contributed by atoms with Gasteiger partial charge >= 0.3 is 0 Å². The number of carbonyl (C=O) groups excluding carboxylic acids is 1. The summed E-state index contributed by atoms with van der Waals surface area (Å²) in [6.45, 7) is -0.301. The van der Waals surface area contributed by atoms with E-state index in [0.29, 0.717) is 0 Å². The molecule has 14 heavy (non-hydrogen) atoms. The molecule has 0 aromatic heterocycles. The molecule has 0 unspecified atom stereocenters. The molecule has 0 heterocycles. The van der Waals surface area contributed by atoms with Gasteiger partial charge in [0.2, 0.25) is 0 Å². The Kier molecular flexibility index (Phi) is 3.16. The zero-order chi connectivity index (χ0) is 10.7. The molecule has 0 atom stereocenters. The number of ketones is 1. The molecule has 2 N–H and O–H groups in total. The molecule has 0 aliphatic carbocycles. The van der Waals surface area contributed by atoms with Gasteiger partial charge in [0.1, 0.15) is 5.56 Å². The van der Waals surface area contributed by atoms with Crippen LogP contribution in [-0.4, -0.2) is 17.3 Å². The van der Waals surface area contributed by atoms with Crippen molar-refractivity contribution in [3.05, 3.63) is 38.9 Å². The maximum Gasteiger partial charge on any atom is 0.281 e. The number of rotatable bonds is 3. The van der Waals surface area contributed by atoms with Gasteiger partial charge < -0.3 is 5.73 Å². The molecule has 6 heteroatoms. The van der Waals surface area contributed by atoms with E-state index < -0.39 is 10.7 Å². The van der Waals surface area contributed by atoms with Crippen LogP contribution in [0.4, 0.5) is 5.69 Å². The van der Waals surface area contributed by atoms with Crippen molar-refractivity contribution in [3.63, 3.8) is 0 Å². The summed E-state index contributed by atoms with van der Waals surface area (Å²) in [6.07, 6.45) is 0. The third kappa shape index (κ3) is 1.89. The van der Waals surface area contributed by atoms with Crippen molar-refractivity contribution in [2.75, 3.05) is 6.54 Å². The van der Waals surface area contributed by atoms with Gasteiger partial charge in [0, 0.05) is 6.07 Å². The highest BCUT2D eigenvalue weighted by molar-refractivity contribution is 6.34. The minimum absolute atomic E-state index is 0.0506. The Balaban J connectivity index is 3.36. The number of benzene rings is 1. The Hall–Kier alpha value is -1.46. The monoisotopic (exact) mass is 214 g/mol. The Morgan fingerprint density at radius 3 is 2.71 bits per heavy atom. The zero-order valence-electron chi connectivity index (χ0n) is 7.07. The molecule has 1 aromatic carbocycles. The summed E-state index contributed by atoms with van der Waals surface area (Å²) < 4.78 is 0. The fourth-order valence-electron chi connectivity index (χ4n) is 1.04. The summed E-state index contributed by atoms with van der Waals surface area (Å²) in [4.78, 5) is 21.1. The lowest BCUT2D eigenvalue weighted by Gasteiger charge is -2.01. The summed E-state index contributed by atoms with van der Waals surface area (Å²) in [7, 11) is 0. The van der Waals surface area contributed by atoms with Crippen LogP contribution in [0.1, 0.15) is 10.4 Å². The summed E-state index contributed by atoms with van der Waals surface area (Å²) in [6, 6.07) is 4.04. The molecule has 0 radical (unpaired) electrons. The van der Waals surface area contributed by atoms with E-state index in [4.69, 9.17) is 17.3 Å². The SMILES string of the molecule is NCC(=O)c1c(Cl)cccc1[N+](=O)[O-]. The lowest BCUT2D eigenvalue weighted by molar-refractivity contribution is -0.385. The van der Waals surface area contributed by atoms with Gasteiger partial charge in [0.05, 0.1) is 16.5 Å². The highest BCUT2D eigenvalue weighted by Crippen LogP contribution is 2.26. The Morgan fingerprint density at radius 1 is 1.57 bits per heavy atom. The first-order valence-corrected chi connectivity index (χ1v) is 4.12. The second-order valence-electron chi connectivity index (χ2n) is 2.52. The van der Waals surface area contributed by atoms with Gasteiger partial charge in [-0.3, -0.25) is 14.9 Å². The molecule has 1 rings (SSSR count). The molecule has 0 aliphatic heterocycles. The number of hydrogen-bond acceptors (Lipinski definition) is 4. The lowest BCUT2D eigenvalue weighted by Crippen LogP contribution is -2.15. The summed E-state index contributed by atoms with van der Waals surface area (Å²) >= 11 is 5.67. The number of nitrogens with two attached hydrogens (primary N) is 1. The van der Waals surface area contributed by atoms with Crippen LogP contribution in [0.25, 0.3) is 0 Å². The second kappa shape index (κ2) is 4.17. The van der Waals surface area contributed by atoms with E-state index in [0.717, 1.165) is 0 Å². The first kappa shape index (κ1) is 10.6. The zero-order valence-corrected chi connectivity index (χ0v) is 7.82. The van der Waals surface area contributed by atoms with Crippen LogP contribution in [0, 0.1) is 10.1 Å². The molecule has 0 spiro atoms. The van der Waals surface area contributed by atoms with Crippen molar-refractivity contribution in [2.24, 2.45) is 5.73 Å². The van der Waals surface area contributed by atoms with E-state index in [2.05, 4.69) is 0 Å². The van der Waals surface area contributed by atoms with Crippen molar-refractivity contribution < 1.29 is 9.72 Å². The van der Waals surface area contributed by atoms with Crippen LogP contribution < -0.4 is 5.73 Å². The third-order valence-electron chi connectivity index (χ3n) is 1.65. The number of nitro groups is 1. The fraction of sp³-hybridized carbons (Fsp3) is 0.125. The number of nitro benzene ring substituents is 1. The van der Waals surface area contributed by atoms with E-state index in [1.165, 1.54) is 18.2 Å². The molecule has 0 saturated carbocycles. The van der Waals surface area contributed by atoms with Crippen LogP contribution in [0.15, 0.2) is 18.2 Å². The predicted molar refractivity (Wildman–Crippen MR) is 51.5 cm³/mol. The average molecular weight is 215 g/mol. The number of nitrogens with zero attached hydrogens (tertiary/aromatic N) is 1. The topological polar surface area (TPSA) is 86.2 Å². The first-order valence-electron chi connectivity index (χ1n) is 3.74. The van der Waals surface area contributed by atoms with Gasteiger partial charge in [0.25, 0.3) is 5.69 Å². The predicted octanol–water partition coefficient (Wildman–Crippen LogP) is 1.39. The van der Waals surface area contributed by atoms with E-state index in [1.807, 2.05) is 0 Å². The highest BCUT2D eigenvalue weighted by Gasteiger charge is 2.21. The summed E-state index contributed by atoms with van der Waals surface area (Å²) in [5.74, 6) is -0.540. The van der Waals surface area contributed by atoms with E-state index in [1.54, 1.807) is 0 Å². The molecule has 1 aromatic rings. The van der Waals surface area contributed by atoms with Gasteiger partial charge in [-0.1, -0.05) is 17.7 Å². The van der Waals surface area contributed by atoms with Crippen molar-refractivity contribution in [1.29, 1.82) is 0 Å². The Bertz CT molecular complexity index is 392. The number of Topliss-reactive ketones (excluding diaryl/α,β-unsaturated/α-hetero) is 1. The van der Waals surface area contributed by atoms with Crippen molar-refractivity contribution >= 4 is 23.1 Å². The maximum atomic E-state index is 11.2. The van der Waals surface area contributed by atoms with Gasteiger partial charge in [-0.05, 0) is 6.07 Å². The minimum atomic E-state index is -0.658. The van der Waals surface area contributed by atoms with E-state index >= 15 is 0 Å². The Labute approximate surface area is 84.6 Å². The molecule has 0 saturated heterocycles. The number of halogens is 1. The van der Waals surface area contributed by atoms with Gasteiger partial charge in [-0.15, -0.1) is 0 Å². The molecular weight excluding hydrogens is 208 g/mol. The minimum Gasteiger partial charge on any atom is -0.324 e. The lowest BCUT2D eigenvalue weighted by atomic mass is 10.1. The fourth-order valence-corrected chi connectivity index (χ4v) is 1.32. The molecular formula is C8H7ClN2O3. The van der Waals surface area contributed by atoms with Crippen molar-refractivity contribution in [2.45, 2.75) is 0 Å². The third-order valence-corrected chi connectivity index (χ3v) is 1.97. The van der Waals surface area contributed by atoms with Gasteiger partial charge in [0.15, 0.2) is 5.78 Å². The summed E-state index contributed by atoms with van der Waals surface area (Å²) in [5, 5.41) is 10.6. The molecule has 0 amide bonds. The number of hydrogen-bond donors (Lipinski definition) is 1. The second-order valence-corrected chi connectivity index (χ2v) is 2.93. The molecule has 0 fully saturated rings. The quantitative estimate of drug-likeness (QED) is 0.468. The van der Waals surface area contributed by atoms with Crippen LogP contribution in [0.3, 0.4) is 0 Å². The molecule has 0 aliphatic rings. The Morgan fingerprint density at radius 2 is 2.21 bits per heavy atom. The standard InChI is InChI=1S/C8H7ClN2O3/c9-5-2-1-3-6(11(13)14)8(5)7(12)4-10/h1-3H,4,10H2. The highest BCUT2D eigenvalue weighted by atomic mass is 35.5. The molecule has 5 nitrogen and oxygen atoms in total. The van der Waals surface area contributed by atoms with Crippen LogP contribution >= 0.6 is 11.6 Å². The van der Waals surface area contributed by atoms with E-state index in [-0.39, 0.29) is 22.8 Å².